The van der Waals surface area contributed by atoms with Gasteiger partial charge in [0, 0.05) is 16.1 Å². The Morgan fingerprint density at radius 2 is 2.18 bits per heavy atom. The van der Waals surface area contributed by atoms with Crippen LogP contribution in [-0.4, -0.2) is 17.1 Å². The second-order valence-electron chi connectivity index (χ2n) is 3.93. The lowest BCUT2D eigenvalue weighted by atomic mass is 10.2. The summed E-state index contributed by atoms with van der Waals surface area (Å²) in [7, 11) is 0. The highest BCUT2D eigenvalue weighted by molar-refractivity contribution is 9.10. The van der Waals surface area contributed by atoms with Crippen molar-refractivity contribution in [2.75, 3.05) is 5.32 Å². The Hall–Kier alpha value is -1.14. The van der Waals surface area contributed by atoms with E-state index < -0.39 is 0 Å². The van der Waals surface area contributed by atoms with E-state index in [0.717, 1.165) is 17.3 Å². The molecule has 0 heterocycles. The average molecular weight is 314 g/mol. The first-order valence-corrected chi connectivity index (χ1v) is 6.43. The fourth-order valence-corrected chi connectivity index (χ4v) is 1.93. The lowest BCUT2D eigenvalue weighted by molar-refractivity contribution is 0.251. The van der Waals surface area contributed by atoms with E-state index in [2.05, 4.69) is 26.6 Å². The van der Waals surface area contributed by atoms with Crippen molar-refractivity contribution >= 4 is 44.9 Å². The number of nitrogens with one attached hydrogen (secondary N) is 2. The summed E-state index contributed by atoms with van der Waals surface area (Å²) >= 11 is 8.29. The summed E-state index contributed by atoms with van der Waals surface area (Å²) < 4.78 is 0.869. The third-order valence-electron chi connectivity index (χ3n) is 2.41. The van der Waals surface area contributed by atoms with Crippen LogP contribution >= 0.6 is 28.1 Å². The lowest BCUT2D eigenvalue weighted by Gasteiger charge is -2.11. The van der Waals surface area contributed by atoms with Crippen LogP contribution in [0, 0.1) is 0 Å². The van der Waals surface area contributed by atoms with Gasteiger partial charge in [-0.2, -0.15) is 0 Å². The first-order chi connectivity index (χ1) is 8.06. The van der Waals surface area contributed by atoms with E-state index in [1.165, 1.54) is 0 Å². The summed E-state index contributed by atoms with van der Waals surface area (Å²) in [5, 5.41) is 5.59. The Bertz CT molecular complexity index is 474. The second-order valence-corrected chi connectivity index (χ2v) is 5.28. The topological polar surface area (TPSA) is 67.1 Å². The molecule has 6 heteroatoms. The molecular formula is C11H12BrN3OS. The number of benzene rings is 1. The number of halogens is 1. The normalized spacial score (nSPS) is 14.2. The van der Waals surface area contributed by atoms with Crippen LogP contribution in [0.25, 0.3) is 0 Å². The summed E-state index contributed by atoms with van der Waals surface area (Å²) in [6.07, 6.45) is 2.10. The highest BCUT2D eigenvalue weighted by Crippen LogP contribution is 2.22. The Morgan fingerprint density at radius 3 is 2.76 bits per heavy atom. The van der Waals surface area contributed by atoms with Gasteiger partial charge in [0.2, 0.25) is 0 Å². The van der Waals surface area contributed by atoms with E-state index in [-0.39, 0.29) is 11.0 Å². The number of anilines is 1. The van der Waals surface area contributed by atoms with Crippen LogP contribution in [0.5, 0.6) is 0 Å². The van der Waals surface area contributed by atoms with Gasteiger partial charge >= 0.3 is 6.03 Å². The molecule has 0 radical (unpaired) electrons. The van der Waals surface area contributed by atoms with Crippen LogP contribution in [0.15, 0.2) is 22.7 Å². The van der Waals surface area contributed by atoms with Gasteiger partial charge in [-0.05, 0) is 31.0 Å². The molecule has 0 unspecified atom stereocenters. The maximum absolute atomic E-state index is 11.6. The molecule has 1 aliphatic carbocycles. The number of thiocarbonyl (C=S) groups is 1. The molecule has 1 aromatic rings. The molecule has 1 aliphatic rings. The number of rotatable bonds is 3. The minimum Gasteiger partial charge on any atom is -0.389 e. The molecule has 0 spiro atoms. The van der Waals surface area contributed by atoms with Crippen molar-refractivity contribution in [3.05, 3.63) is 28.2 Å². The third kappa shape index (κ3) is 3.41. The van der Waals surface area contributed by atoms with Crippen molar-refractivity contribution < 1.29 is 4.79 Å². The average Bonchev–Trinajstić information content (AvgIpc) is 3.04. The Kier molecular flexibility index (Phi) is 3.63. The number of carbonyl (C=O) groups is 1. The van der Waals surface area contributed by atoms with E-state index in [4.69, 9.17) is 18.0 Å². The minimum absolute atomic E-state index is 0.215. The predicted molar refractivity (Wildman–Crippen MR) is 75.2 cm³/mol. The maximum atomic E-state index is 11.6. The molecule has 0 aromatic heterocycles. The largest absolute Gasteiger partial charge is 0.389 e. The van der Waals surface area contributed by atoms with E-state index in [0.29, 0.717) is 17.3 Å². The van der Waals surface area contributed by atoms with E-state index in [1.807, 2.05) is 6.07 Å². The van der Waals surface area contributed by atoms with Gasteiger partial charge in [0.15, 0.2) is 0 Å². The zero-order valence-electron chi connectivity index (χ0n) is 9.00. The lowest BCUT2D eigenvalue weighted by Crippen LogP contribution is -2.31. The smallest absolute Gasteiger partial charge is 0.319 e. The van der Waals surface area contributed by atoms with Crippen molar-refractivity contribution in [2.24, 2.45) is 5.73 Å². The molecule has 0 saturated heterocycles. The van der Waals surface area contributed by atoms with Crippen molar-refractivity contribution in [3.8, 4) is 0 Å². The minimum atomic E-state index is -0.215. The highest BCUT2D eigenvalue weighted by atomic mass is 79.9. The Labute approximate surface area is 113 Å². The quantitative estimate of drug-likeness (QED) is 0.750. The Balaban J connectivity index is 2.13. The fourth-order valence-electron chi connectivity index (χ4n) is 1.40. The van der Waals surface area contributed by atoms with Crippen molar-refractivity contribution in [3.63, 3.8) is 0 Å². The number of amides is 2. The summed E-state index contributed by atoms with van der Waals surface area (Å²) in [5.74, 6) is 0. The maximum Gasteiger partial charge on any atom is 0.319 e. The van der Waals surface area contributed by atoms with Crippen molar-refractivity contribution in [1.29, 1.82) is 0 Å². The van der Waals surface area contributed by atoms with Gasteiger partial charge in [-0.15, -0.1) is 0 Å². The van der Waals surface area contributed by atoms with Gasteiger partial charge in [0.05, 0.1) is 5.69 Å². The molecule has 0 bridgehead atoms. The highest BCUT2D eigenvalue weighted by Gasteiger charge is 2.23. The monoisotopic (exact) mass is 313 g/mol. The number of hydrogen-bond donors (Lipinski definition) is 3. The Morgan fingerprint density at radius 1 is 1.47 bits per heavy atom. The number of nitrogens with two attached hydrogens (primary N) is 1. The summed E-state index contributed by atoms with van der Waals surface area (Å²) in [6.45, 7) is 0. The standard InChI is InChI=1S/C11H12BrN3OS/c12-6-1-4-9(8(5-6)10(13)17)15-11(16)14-7-2-3-7/h1,4-5,7H,2-3H2,(H2,13,17)(H2,14,15,16). The van der Waals surface area contributed by atoms with Gasteiger partial charge in [0.25, 0.3) is 0 Å². The second kappa shape index (κ2) is 5.01. The van der Waals surface area contributed by atoms with Crippen LogP contribution in [-0.2, 0) is 0 Å². The van der Waals surface area contributed by atoms with Crippen LogP contribution in [0.3, 0.4) is 0 Å². The molecule has 4 nitrogen and oxygen atoms in total. The van der Waals surface area contributed by atoms with Crippen LogP contribution < -0.4 is 16.4 Å². The molecule has 17 heavy (non-hydrogen) atoms. The summed E-state index contributed by atoms with van der Waals surface area (Å²) in [6, 6.07) is 5.49. The predicted octanol–water partition coefficient (Wildman–Crippen LogP) is 2.37. The molecular weight excluding hydrogens is 302 g/mol. The zero-order chi connectivity index (χ0) is 12.4. The SMILES string of the molecule is NC(=S)c1cc(Br)ccc1NC(=O)NC1CC1. The summed E-state index contributed by atoms with van der Waals surface area (Å²) in [5.41, 5.74) is 6.89. The third-order valence-corrected chi connectivity index (χ3v) is 3.12. The molecule has 1 aromatic carbocycles. The molecule has 0 aliphatic heterocycles. The number of urea groups is 1. The molecule has 2 amide bonds. The van der Waals surface area contributed by atoms with Gasteiger partial charge in [-0.3, -0.25) is 0 Å². The van der Waals surface area contributed by atoms with E-state index >= 15 is 0 Å². The first-order valence-electron chi connectivity index (χ1n) is 5.23. The summed E-state index contributed by atoms with van der Waals surface area (Å²) in [4.78, 5) is 11.9. The van der Waals surface area contributed by atoms with E-state index in [9.17, 15) is 4.79 Å². The number of hydrogen-bond acceptors (Lipinski definition) is 2. The molecule has 2 rings (SSSR count). The molecule has 0 atom stereocenters. The van der Waals surface area contributed by atoms with Gasteiger partial charge < -0.3 is 16.4 Å². The van der Waals surface area contributed by atoms with E-state index in [1.54, 1.807) is 12.1 Å². The van der Waals surface area contributed by atoms with Crippen LogP contribution in [0.4, 0.5) is 10.5 Å². The van der Waals surface area contributed by atoms with Gasteiger partial charge in [0.1, 0.15) is 4.99 Å². The number of carbonyl (C=O) groups excluding carboxylic acids is 1. The van der Waals surface area contributed by atoms with Crippen LogP contribution in [0.1, 0.15) is 18.4 Å². The molecule has 90 valence electrons. The van der Waals surface area contributed by atoms with Crippen molar-refractivity contribution in [1.82, 2.24) is 5.32 Å². The molecule has 4 N–H and O–H groups in total. The molecule has 1 fully saturated rings. The zero-order valence-corrected chi connectivity index (χ0v) is 11.4. The van der Waals surface area contributed by atoms with Crippen molar-refractivity contribution in [2.45, 2.75) is 18.9 Å². The fraction of sp³-hybridized carbons (Fsp3) is 0.273. The van der Waals surface area contributed by atoms with Crippen LogP contribution in [0.2, 0.25) is 0 Å². The van der Waals surface area contributed by atoms with Gasteiger partial charge in [-0.25, -0.2) is 4.79 Å². The first kappa shape index (κ1) is 12.3. The van der Waals surface area contributed by atoms with Gasteiger partial charge in [-0.1, -0.05) is 28.1 Å². The molecule has 1 saturated carbocycles.